The molecule has 0 saturated carbocycles. The van der Waals surface area contributed by atoms with E-state index in [0.29, 0.717) is 23.9 Å². The molecule has 1 aliphatic heterocycles. The van der Waals surface area contributed by atoms with E-state index in [-0.39, 0.29) is 5.91 Å². The summed E-state index contributed by atoms with van der Waals surface area (Å²) in [7, 11) is 1.85. The number of carbonyl (C=O) groups is 1. The zero-order chi connectivity index (χ0) is 19.4. The highest BCUT2D eigenvalue weighted by Gasteiger charge is 2.23. The maximum absolute atomic E-state index is 11.7. The standard InChI is InChI=1S/C21H23ClN4O/c1-14(27)26-12-11-20(24-2)19(13-26)21(23)25-18-9-5-16(6-10-18)15-3-7-17(22)8-4-15/h3-10,24H,11-13H2,1-2H3,(H2,23,25). The minimum atomic E-state index is 0.0303. The van der Waals surface area contributed by atoms with Crippen LogP contribution in [0.5, 0.6) is 0 Å². The molecule has 1 amide bonds. The van der Waals surface area contributed by atoms with Gasteiger partial charge >= 0.3 is 0 Å². The molecule has 0 radical (unpaired) electrons. The maximum Gasteiger partial charge on any atom is 0.219 e. The number of nitrogens with one attached hydrogen (secondary N) is 3. The monoisotopic (exact) mass is 382 g/mol. The fourth-order valence-electron chi connectivity index (χ4n) is 3.15. The van der Waals surface area contributed by atoms with Gasteiger partial charge in [-0.15, -0.1) is 0 Å². The quantitative estimate of drug-likeness (QED) is 0.550. The van der Waals surface area contributed by atoms with Crippen LogP contribution >= 0.6 is 11.6 Å². The van der Waals surface area contributed by atoms with Crippen LogP contribution in [-0.4, -0.2) is 36.8 Å². The molecule has 1 heterocycles. The number of anilines is 1. The Morgan fingerprint density at radius 2 is 1.67 bits per heavy atom. The molecule has 27 heavy (non-hydrogen) atoms. The van der Waals surface area contributed by atoms with E-state index in [1.165, 1.54) is 0 Å². The Labute approximate surface area is 164 Å². The van der Waals surface area contributed by atoms with Crippen molar-refractivity contribution in [2.75, 3.05) is 25.5 Å². The Hall–Kier alpha value is -2.79. The summed E-state index contributed by atoms with van der Waals surface area (Å²) in [6, 6.07) is 15.6. The lowest BCUT2D eigenvalue weighted by molar-refractivity contribution is -0.128. The highest BCUT2D eigenvalue weighted by Crippen LogP contribution is 2.24. The molecule has 2 aromatic rings. The lowest BCUT2D eigenvalue weighted by Crippen LogP contribution is -2.40. The smallest absolute Gasteiger partial charge is 0.219 e. The third kappa shape index (κ3) is 4.49. The zero-order valence-electron chi connectivity index (χ0n) is 15.5. The van der Waals surface area contributed by atoms with Crippen LogP contribution in [0.4, 0.5) is 5.69 Å². The minimum Gasteiger partial charge on any atom is -0.391 e. The number of rotatable bonds is 4. The molecular formula is C21H23ClN4O. The second-order valence-corrected chi connectivity index (χ2v) is 6.92. The first-order valence-corrected chi connectivity index (χ1v) is 9.23. The molecule has 2 aromatic carbocycles. The minimum absolute atomic E-state index is 0.0303. The fraction of sp³-hybridized carbons (Fsp3) is 0.238. The highest BCUT2D eigenvalue weighted by atomic mass is 35.5. The molecule has 3 N–H and O–H groups in total. The lowest BCUT2D eigenvalue weighted by Gasteiger charge is -2.30. The van der Waals surface area contributed by atoms with Gasteiger partial charge in [-0.2, -0.15) is 0 Å². The molecule has 0 atom stereocenters. The molecule has 140 valence electrons. The first-order valence-electron chi connectivity index (χ1n) is 8.85. The van der Waals surface area contributed by atoms with Crippen LogP contribution in [0, 0.1) is 5.41 Å². The van der Waals surface area contributed by atoms with E-state index >= 15 is 0 Å². The van der Waals surface area contributed by atoms with E-state index in [9.17, 15) is 4.79 Å². The van der Waals surface area contributed by atoms with Crippen molar-refractivity contribution in [1.29, 1.82) is 5.41 Å². The molecule has 6 heteroatoms. The van der Waals surface area contributed by atoms with Gasteiger partial charge in [0, 0.05) is 48.9 Å². The summed E-state index contributed by atoms with van der Waals surface area (Å²) >= 11 is 5.94. The third-order valence-corrected chi connectivity index (χ3v) is 4.98. The highest BCUT2D eigenvalue weighted by molar-refractivity contribution is 6.30. The first kappa shape index (κ1) is 19.0. The number of carbonyl (C=O) groups excluding carboxylic acids is 1. The van der Waals surface area contributed by atoms with Gasteiger partial charge < -0.3 is 15.5 Å². The van der Waals surface area contributed by atoms with Crippen molar-refractivity contribution < 1.29 is 4.79 Å². The topological polar surface area (TPSA) is 68.2 Å². The average molecular weight is 383 g/mol. The molecule has 0 saturated heterocycles. The van der Waals surface area contributed by atoms with Gasteiger partial charge in [0.25, 0.3) is 0 Å². The van der Waals surface area contributed by atoms with Crippen molar-refractivity contribution in [2.24, 2.45) is 0 Å². The van der Waals surface area contributed by atoms with Crippen LogP contribution in [0.3, 0.4) is 0 Å². The summed E-state index contributed by atoms with van der Waals surface area (Å²) < 4.78 is 0. The second-order valence-electron chi connectivity index (χ2n) is 6.48. The van der Waals surface area contributed by atoms with Gasteiger partial charge in [0.2, 0.25) is 5.91 Å². The Morgan fingerprint density at radius 3 is 2.22 bits per heavy atom. The zero-order valence-corrected chi connectivity index (χ0v) is 16.2. The fourth-order valence-corrected chi connectivity index (χ4v) is 3.27. The normalized spacial score (nSPS) is 14.1. The average Bonchev–Trinajstić information content (AvgIpc) is 2.68. The Balaban J connectivity index is 1.74. The number of nitrogens with zero attached hydrogens (tertiary/aromatic N) is 1. The summed E-state index contributed by atoms with van der Waals surface area (Å²) in [4.78, 5) is 13.5. The van der Waals surface area contributed by atoms with Crippen LogP contribution in [0.25, 0.3) is 11.1 Å². The van der Waals surface area contributed by atoms with Crippen molar-refractivity contribution in [1.82, 2.24) is 10.2 Å². The predicted molar refractivity (Wildman–Crippen MR) is 111 cm³/mol. The second kappa shape index (κ2) is 8.27. The first-order chi connectivity index (χ1) is 13.0. The molecule has 0 unspecified atom stereocenters. The number of hydrogen-bond donors (Lipinski definition) is 3. The number of benzene rings is 2. The predicted octanol–water partition coefficient (Wildman–Crippen LogP) is 4.12. The molecule has 0 bridgehead atoms. The summed E-state index contributed by atoms with van der Waals surface area (Å²) in [6.45, 7) is 2.69. The van der Waals surface area contributed by atoms with Gasteiger partial charge in [0.05, 0.1) is 6.54 Å². The van der Waals surface area contributed by atoms with Crippen LogP contribution in [0.15, 0.2) is 59.8 Å². The van der Waals surface area contributed by atoms with Gasteiger partial charge in [-0.05, 0) is 35.4 Å². The SMILES string of the molecule is CNC1=C(C(=N)Nc2ccc(-c3ccc(Cl)cc3)cc2)CN(C(C)=O)CC1. The van der Waals surface area contributed by atoms with Crippen molar-refractivity contribution in [3.63, 3.8) is 0 Å². The van der Waals surface area contributed by atoms with E-state index in [0.717, 1.165) is 34.5 Å². The van der Waals surface area contributed by atoms with Gasteiger partial charge in [-0.3, -0.25) is 10.2 Å². The van der Waals surface area contributed by atoms with Crippen molar-refractivity contribution in [2.45, 2.75) is 13.3 Å². The van der Waals surface area contributed by atoms with E-state index < -0.39 is 0 Å². The van der Waals surface area contributed by atoms with Crippen LogP contribution < -0.4 is 10.6 Å². The largest absolute Gasteiger partial charge is 0.391 e. The lowest BCUT2D eigenvalue weighted by atomic mass is 10.0. The molecule has 1 aliphatic rings. The Kier molecular flexibility index (Phi) is 5.81. The van der Waals surface area contributed by atoms with E-state index in [1.807, 2.05) is 55.6 Å². The van der Waals surface area contributed by atoms with Crippen molar-refractivity contribution >= 4 is 29.0 Å². The van der Waals surface area contributed by atoms with Crippen molar-refractivity contribution in [3.8, 4) is 11.1 Å². The Morgan fingerprint density at radius 1 is 1.07 bits per heavy atom. The molecule has 5 nitrogen and oxygen atoms in total. The van der Waals surface area contributed by atoms with Crippen molar-refractivity contribution in [3.05, 3.63) is 64.8 Å². The molecule has 0 aromatic heterocycles. The number of hydrogen-bond acceptors (Lipinski definition) is 3. The third-order valence-electron chi connectivity index (χ3n) is 4.73. The maximum atomic E-state index is 11.7. The molecular weight excluding hydrogens is 360 g/mol. The summed E-state index contributed by atoms with van der Waals surface area (Å²) in [5, 5.41) is 15.5. The molecule has 0 aliphatic carbocycles. The van der Waals surface area contributed by atoms with Crippen LogP contribution in [0.2, 0.25) is 5.02 Å². The molecule has 0 fully saturated rings. The van der Waals surface area contributed by atoms with E-state index in [1.54, 1.807) is 11.8 Å². The van der Waals surface area contributed by atoms with E-state index in [2.05, 4.69) is 10.6 Å². The summed E-state index contributed by atoms with van der Waals surface area (Å²) in [5.74, 6) is 0.340. The summed E-state index contributed by atoms with van der Waals surface area (Å²) in [5.41, 5.74) is 4.83. The molecule has 0 spiro atoms. The van der Waals surface area contributed by atoms with Gasteiger partial charge in [0.1, 0.15) is 5.84 Å². The summed E-state index contributed by atoms with van der Waals surface area (Å²) in [6.07, 6.45) is 0.727. The van der Waals surface area contributed by atoms with E-state index in [4.69, 9.17) is 17.0 Å². The number of amidine groups is 1. The Bertz CT molecular complexity index is 872. The number of amides is 1. The molecule has 3 rings (SSSR count). The van der Waals surface area contributed by atoms with Crippen LogP contribution in [0.1, 0.15) is 13.3 Å². The van der Waals surface area contributed by atoms with Gasteiger partial charge in [-0.25, -0.2) is 0 Å². The van der Waals surface area contributed by atoms with Crippen LogP contribution in [-0.2, 0) is 4.79 Å². The van der Waals surface area contributed by atoms with Gasteiger partial charge in [0.15, 0.2) is 0 Å². The number of halogens is 1. The van der Waals surface area contributed by atoms with Gasteiger partial charge in [-0.1, -0.05) is 35.9 Å².